The van der Waals surface area contributed by atoms with Crippen molar-refractivity contribution in [2.24, 2.45) is 5.73 Å². The number of rotatable bonds is 3. The molecule has 0 aliphatic carbocycles. The molecule has 1 unspecified atom stereocenters. The third-order valence-electron chi connectivity index (χ3n) is 3.59. The Kier molecular flexibility index (Phi) is 4.54. The van der Waals surface area contributed by atoms with Crippen LogP contribution in [-0.2, 0) is 16.0 Å². The molecule has 0 bridgehead atoms. The van der Waals surface area contributed by atoms with E-state index in [2.05, 4.69) is 0 Å². The van der Waals surface area contributed by atoms with E-state index < -0.39 is 6.04 Å². The van der Waals surface area contributed by atoms with Crippen LogP contribution in [0.1, 0.15) is 26.3 Å². The monoisotopic (exact) mass is 292 g/mol. The number of morpholine rings is 1. The molecule has 116 valence electrons. The predicted molar refractivity (Wildman–Crippen MR) is 81.0 cm³/mol. The molecule has 5 nitrogen and oxygen atoms in total. The highest BCUT2D eigenvalue weighted by Crippen LogP contribution is 2.21. The molecule has 0 saturated carbocycles. The average molecular weight is 292 g/mol. The lowest BCUT2D eigenvalue weighted by Gasteiger charge is -2.42. The number of nitrogens with two attached hydrogens (primary N) is 1. The van der Waals surface area contributed by atoms with Gasteiger partial charge in [0.15, 0.2) is 0 Å². The van der Waals surface area contributed by atoms with Gasteiger partial charge in [-0.1, -0.05) is 12.1 Å². The normalized spacial score (nSPS) is 22.9. The molecule has 0 spiro atoms. The lowest BCUT2D eigenvalue weighted by atomic mass is 10.0. The average Bonchev–Trinajstić information content (AvgIpc) is 2.38. The molecule has 1 amide bonds. The molecule has 1 heterocycles. The van der Waals surface area contributed by atoms with Gasteiger partial charge in [0.1, 0.15) is 5.75 Å². The highest BCUT2D eigenvalue weighted by Gasteiger charge is 2.35. The van der Waals surface area contributed by atoms with Gasteiger partial charge in [0.05, 0.1) is 17.7 Å². The van der Waals surface area contributed by atoms with E-state index in [0.717, 1.165) is 5.56 Å². The number of ether oxygens (including phenoxy) is 1. The molecule has 21 heavy (non-hydrogen) atoms. The molecular weight excluding hydrogens is 268 g/mol. The third-order valence-corrected chi connectivity index (χ3v) is 3.59. The van der Waals surface area contributed by atoms with Crippen LogP contribution in [0, 0.1) is 0 Å². The molecule has 3 N–H and O–H groups in total. The number of benzene rings is 1. The first-order valence-corrected chi connectivity index (χ1v) is 7.27. The molecule has 1 fully saturated rings. The van der Waals surface area contributed by atoms with Crippen LogP contribution in [0.4, 0.5) is 0 Å². The van der Waals surface area contributed by atoms with Gasteiger partial charge in [-0.2, -0.15) is 0 Å². The summed E-state index contributed by atoms with van der Waals surface area (Å²) in [6.45, 7) is 7.06. The van der Waals surface area contributed by atoms with Crippen LogP contribution in [0.2, 0.25) is 0 Å². The first-order chi connectivity index (χ1) is 9.77. The van der Waals surface area contributed by atoms with E-state index >= 15 is 0 Å². The van der Waals surface area contributed by atoms with Crippen LogP contribution in [0.15, 0.2) is 24.3 Å². The number of phenolic OH excluding ortho intramolecular Hbond substituents is 1. The van der Waals surface area contributed by atoms with E-state index in [1.807, 2.05) is 20.8 Å². The second-order valence-corrected chi connectivity index (χ2v) is 6.38. The second kappa shape index (κ2) is 6.03. The van der Waals surface area contributed by atoms with Gasteiger partial charge in [-0.15, -0.1) is 0 Å². The van der Waals surface area contributed by atoms with Crippen molar-refractivity contribution in [3.05, 3.63) is 29.8 Å². The molecule has 5 heteroatoms. The summed E-state index contributed by atoms with van der Waals surface area (Å²) in [5.41, 5.74) is 6.66. The van der Waals surface area contributed by atoms with Crippen molar-refractivity contribution in [1.29, 1.82) is 0 Å². The zero-order valence-electron chi connectivity index (χ0n) is 12.9. The Hall–Kier alpha value is -1.59. The molecule has 2 rings (SSSR count). The van der Waals surface area contributed by atoms with Gasteiger partial charge in [-0.05, 0) is 44.9 Å². The topological polar surface area (TPSA) is 75.8 Å². The van der Waals surface area contributed by atoms with E-state index in [1.165, 1.54) is 0 Å². The quantitative estimate of drug-likeness (QED) is 0.880. The Morgan fingerprint density at radius 3 is 2.67 bits per heavy atom. The van der Waals surface area contributed by atoms with Gasteiger partial charge in [0.2, 0.25) is 5.91 Å². The van der Waals surface area contributed by atoms with Crippen LogP contribution in [0.3, 0.4) is 0 Å². The molecule has 1 aromatic rings. The highest BCUT2D eigenvalue weighted by atomic mass is 16.5. The number of nitrogens with zero attached hydrogens (tertiary/aromatic N) is 1. The fourth-order valence-electron chi connectivity index (χ4n) is 2.83. The molecule has 1 aliphatic rings. The molecular formula is C16H24N2O3. The van der Waals surface area contributed by atoms with Gasteiger partial charge in [0, 0.05) is 13.1 Å². The van der Waals surface area contributed by atoms with Gasteiger partial charge < -0.3 is 20.5 Å². The van der Waals surface area contributed by atoms with Crippen LogP contribution in [-0.4, -0.2) is 46.7 Å². The molecule has 1 aliphatic heterocycles. The summed E-state index contributed by atoms with van der Waals surface area (Å²) in [4.78, 5) is 14.3. The summed E-state index contributed by atoms with van der Waals surface area (Å²) >= 11 is 0. The summed E-state index contributed by atoms with van der Waals surface area (Å²) in [5.74, 6) is 0.161. The van der Waals surface area contributed by atoms with Crippen LogP contribution >= 0.6 is 0 Å². The lowest BCUT2D eigenvalue weighted by Crippen LogP contribution is -2.57. The molecule has 2 atom stereocenters. The lowest BCUT2D eigenvalue weighted by molar-refractivity contribution is -0.159. The number of hydrogen-bond acceptors (Lipinski definition) is 4. The van der Waals surface area contributed by atoms with Crippen LogP contribution in [0.25, 0.3) is 0 Å². The number of phenols is 1. The Balaban J connectivity index is 2.00. The first-order valence-electron chi connectivity index (χ1n) is 7.27. The Bertz CT molecular complexity index is 499. The van der Waals surface area contributed by atoms with Gasteiger partial charge in [-0.25, -0.2) is 0 Å². The minimum atomic E-state index is -0.573. The molecule has 0 radical (unpaired) electrons. The number of carbonyl (C=O) groups excluding carboxylic acids is 1. The van der Waals surface area contributed by atoms with E-state index in [-0.39, 0.29) is 23.4 Å². The van der Waals surface area contributed by atoms with E-state index in [9.17, 15) is 9.90 Å². The molecule has 1 aromatic carbocycles. The largest absolute Gasteiger partial charge is 0.508 e. The number of hydrogen-bond donors (Lipinski definition) is 2. The maximum Gasteiger partial charge on any atom is 0.240 e. The minimum Gasteiger partial charge on any atom is -0.508 e. The van der Waals surface area contributed by atoms with Crippen molar-refractivity contribution in [1.82, 2.24) is 4.90 Å². The first kappa shape index (κ1) is 15.8. The van der Waals surface area contributed by atoms with E-state index in [0.29, 0.717) is 19.5 Å². The third kappa shape index (κ3) is 4.19. The summed E-state index contributed by atoms with van der Waals surface area (Å²) in [7, 11) is 0. The number of amides is 1. The zero-order valence-corrected chi connectivity index (χ0v) is 12.9. The van der Waals surface area contributed by atoms with Gasteiger partial charge >= 0.3 is 0 Å². The molecule has 0 aromatic heterocycles. The fraction of sp³-hybridized carbons (Fsp3) is 0.562. The van der Waals surface area contributed by atoms with Gasteiger partial charge in [-0.3, -0.25) is 4.79 Å². The number of aromatic hydroxyl groups is 1. The van der Waals surface area contributed by atoms with Crippen molar-refractivity contribution < 1.29 is 14.6 Å². The second-order valence-electron chi connectivity index (χ2n) is 6.38. The van der Waals surface area contributed by atoms with Crippen LogP contribution < -0.4 is 5.73 Å². The van der Waals surface area contributed by atoms with Gasteiger partial charge in [0.25, 0.3) is 0 Å². The standard InChI is InChI=1S/C16H24N2O3/c1-11-9-18(10-16(2,3)21-11)15(20)14(17)8-12-4-6-13(19)7-5-12/h4-7,11,14,19H,8-10,17H2,1-3H3/t11?,14-/m1/s1. The van der Waals surface area contributed by atoms with Crippen molar-refractivity contribution >= 4 is 5.91 Å². The smallest absolute Gasteiger partial charge is 0.240 e. The van der Waals surface area contributed by atoms with E-state index in [1.54, 1.807) is 29.2 Å². The highest BCUT2D eigenvalue weighted by molar-refractivity contribution is 5.82. The van der Waals surface area contributed by atoms with E-state index in [4.69, 9.17) is 10.5 Å². The summed E-state index contributed by atoms with van der Waals surface area (Å²) in [6.07, 6.45) is 0.476. The fourth-order valence-corrected chi connectivity index (χ4v) is 2.83. The number of carbonyl (C=O) groups is 1. The van der Waals surface area contributed by atoms with Crippen molar-refractivity contribution in [3.8, 4) is 5.75 Å². The van der Waals surface area contributed by atoms with Crippen molar-refractivity contribution in [2.45, 2.75) is 44.9 Å². The maximum atomic E-state index is 12.5. The Morgan fingerprint density at radius 2 is 2.10 bits per heavy atom. The summed E-state index contributed by atoms with van der Waals surface area (Å²) in [5, 5.41) is 9.27. The van der Waals surface area contributed by atoms with Crippen molar-refractivity contribution in [2.75, 3.05) is 13.1 Å². The van der Waals surface area contributed by atoms with Crippen molar-refractivity contribution in [3.63, 3.8) is 0 Å². The summed E-state index contributed by atoms with van der Waals surface area (Å²) in [6, 6.07) is 6.21. The molecule has 1 saturated heterocycles. The minimum absolute atomic E-state index is 0.0126. The predicted octanol–water partition coefficient (Wildman–Crippen LogP) is 1.29. The Labute approximate surface area is 125 Å². The zero-order chi connectivity index (χ0) is 15.6. The Morgan fingerprint density at radius 1 is 1.48 bits per heavy atom. The summed E-state index contributed by atoms with van der Waals surface area (Å²) < 4.78 is 5.80. The SMILES string of the molecule is CC1CN(C(=O)[C@H](N)Cc2ccc(O)cc2)CC(C)(C)O1. The van der Waals surface area contributed by atoms with Crippen LogP contribution in [0.5, 0.6) is 5.75 Å². The maximum absolute atomic E-state index is 12.5.